The van der Waals surface area contributed by atoms with Gasteiger partial charge in [-0.05, 0) is 30.6 Å². The molecule has 0 spiro atoms. The minimum absolute atomic E-state index is 0.0254. The molecule has 1 heterocycles. The van der Waals surface area contributed by atoms with Gasteiger partial charge in [0.25, 0.3) is 0 Å². The number of carbonyl (C=O) groups is 2. The van der Waals surface area contributed by atoms with E-state index in [1.165, 1.54) is 19.3 Å². The predicted molar refractivity (Wildman–Crippen MR) is 68.1 cm³/mol. The average Bonchev–Trinajstić information content (AvgIpc) is 2.56. The van der Waals surface area contributed by atoms with E-state index in [1.807, 2.05) is 0 Å². The zero-order valence-electron chi connectivity index (χ0n) is 11.3. The van der Waals surface area contributed by atoms with Gasteiger partial charge in [0.2, 0.25) is 5.91 Å². The van der Waals surface area contributed by atoms with Gasteiger partial charge < -0.3 is 10.0 Å². The van der Waals surface area contributed by atoms with Crippen molar-refractivity contribution in [3.8, 4) is 0 Å². The van der Waals surface area contributed by atoms with E-state index >= 15 is 0 Å². The van der Waals surface area contributed by atoms with Crippen LogP contribution in [0.25, 0.3) is 0 Å². The number of carbonyl (C=O) groups excluding carboxylic acids is 1. The molecule has 1 atom stereocenters. The summed E-state index contributed by atoms with van der Waals surface area (Å²) >= 11 is 0. The summed E-state index contributed by atoms with van der Waals surface area (Å²) in [5.74, 6) is -0.665. The van der Waals surface area contributed by atoms with Crippen molar-refractivity contribution in [1.29, 1.82) is 0 Å². The lowest BCUT2D eigenvalue weighted by Gasteiger charge is -2.45. The lowest BCUT2D eigenvalue weighted by molar-refractivity contribution is -0.141. The molecule has 2 fully saturated rings. The molecule has 0 aromatic rings. The maximum absolute atomic E-state index is 11.9. The van der Waals surface area contributed by atoms with Crippen LogP contribution in [0.2, 0.25) is 0 Å². The fourth-order valence-corrected chi connectivity index (χ4v) is 3.46. The number of carboxylic acids is 1. The summed E-state index contributed by atoms with van der Waals surface area (Å²) < 4.78 is 0. The summed E-state index contributed by atoms with van der Waals surface area (Å²) in [7, 11) is 0. The molecule has 102 valence electrons. The molecule has 0 aromatic carbocycles. The van der Waals surface area contributed by atoms with Crippen molar-refractivity contribution in [1.82, 2.24) is 4.90 Å². The third-order valence-corrected chi connectivity index (χ3v) is 4.35. The lowest BCUT2D eigenvalue weighted by Crippen LogP contribution is -2.44. The summed E-state index contributed by atoms with van der Waals surface area (Å²) in [6, 6.07) is 0. The van der Waals surface area contributed by atoms with E-state index in [1.54, 1.807) is 4.90 Å². The molecule has 1 aliphatic carbocycles. The van der Waals surface area contributed by atoms with Crippen molar-refractivity contribution in [3.05, 3.63) is 0 Å². The van der Waals surface area contributed by atoms with Crippen LogP contribution in [0.3, 0.4) is 0 Å². The Morgan fingerprint density at radius 2 is 2.17 bits per heavy atom. The summed E-state index contributed by atoms with van der Waals surface area (Å²) in [6.45, 7) is 5.61. The molecule has 1 unspecified atom stereocenters. The zero-order valence-corrected chi connectivity index (χ0v) is 11.3. The molecule has 1 saturated carbocycles. The van der Waals surface area contributed by atoms with Crippen molar-refractivity contribution < 1.29 is 14.7 Å². The third-order valence-electron chi connectivity index (χ3n) is 4.35. The van der Waals surface area contributed by atoms with Gasteiger partial charge >= 0.3 is 5.97 Å². The molecular weight excluding hydrogens is 230 g/mol. The molecule has 1 saturated heterocycles. The van der Waals surface area contributed by atoms with Gasteiger partial charge in [-0.1, -0.05) is 20.3 Å². The van der Waals surface area contributed by atoms with Crippen LogP contribution in [0.1, 0.15) is 46.0 Å². The summed E-state index contributed by atoms with van der Waals surface area (Å²) in [5.41, 5.74) is 0.275. The van der Waals surface area contributed by atoms with Gasteiger partial charge in [-0.15, -0.1) is 0 Å². The summed E-state index contributed by atoms with van der Waals surface area (Å²) in [4.78, 5) is 24.6. The first-order valence-electron chi connectivity index (χ1n) is 6.92. The van der Waals surface area contributed by atoms with Crippen LogP contribution in [0.15, 0.2) is 0 Å². The highest BCUT2D eigenvalue weighted by Crippen LogP contribution is 2.47. The predicted octanol–water partition coefficient (Wildman–Crippen LogP) is 2.14. The smallest absolute Gasteiger partial charge is 0.308 e. The second-order valence-corrected chi connectivity index (χ2v) is 6.47. The average molecular weight is 253 g/mol. The molecule has 18 heavy (non-hydrogen) atoms. The SMILES string of the molecule is CC(C)CC1(CN2CC(C(=O)O)CC2=O)CCC1. The largest absolute Gasteiger partial charge is 0.481 e. The van der Waals surface area contributed by atoms with Crippen molar-refractivity contribution in [3.63, 3.8) is 0 Å². The van der Waals surface area contributed by atoms with Gasteiger partial charge in [0, 0.05) is 19.5 Å². The van der Waals surface area contributed by atoms with Crippen molar-refractivity contribution in [2.75, 3.05) is 13.1 Å². The highest BCUT2D eigenvalue weighted by Gasteiger charge is 2.43. The van der Waals surface area contributed by atoms with Crippen LogP contribution in [0, 0.1) is 17.3 Å². The van der Waals surface area contributed by atoms with E-state index in [-0.39, 0.29) is 17.7 Å². The highest BCUT2D eigenvalue weighted by atomic mass is 16.4. The number of hydrogen-bond acceptors (Lipinski definition) is 2. The summed E-state index contributed by atoms with van der Waals surface area (Å²) in [5, 5.41) is 8.98. The first kappa shape index (κ1) is 13.4. The number of likely N-dealkylation sites (tertiary alicyclic amines) is 1. The lowest BCUT2D eigenvalue weighted by atomic mass is 9.64. The van der Waals surface area contributed by atoms with Crippen LogP contribution in [0.5, 0.6) is 0 Å². The molecule has 1 aliphatic heterocycles. The van der Waals surface area contributed by atoms with Crippen LogP contribution in [-0.4, -0.2) is 35.0 Å². The van der Waals surface area contributed by atoms with Crippen molar-refractivity contribution >= 4 is 11.9 Å². The van der Waals surface area contributed by atoms with Crippen LogP contribution < -0.4 is 0 Å². The molecule has 4 heteroatoms. The van der Waals surface area contributed by atoms with Crippen LogP contribution >= 0.6 is 0 Å². The highest BCUT2D eigenvalue weighted by molar-refractivity contribution is 5.86. The molecule has 4 nitrogen and oxygen atoms in total. The number of rotatable bonds is 5. The number of nitrogens with zero attached hydrogens (tertiary/aromatic N) is 1. The topological polar surface area (TPSA) is 57.6 Å². The molecule has 1 amide bonds. The van der Waals surface area contributed by atoms with Crippen molar-refractivity contribution in [2.24, 2.45) is 17.3 Å². The van der Waals surface area contributed by atoms with Gasteiger partial charge in [0.15, 0.2) is 0 Å². The van der Waals surface area contributed by atoms with E-state index in [0.717, 1.165) is 13.0 Å². The monoisotopic (exact) mass is 253 g/mol. The standard InChI is InChI=1S/C14H23NO3/c1-10(2)7-14(4-3-5-14)9-15-8-11(13(17)18)6-12(15)16/h10-11H,3-9H2,1-2H3,(H,17,18). The Balaban J connectivity index is 1.96. The van der Waals surface area contributed by atoms with Crippen LogP contribution in [-0.2, 0) is 9.59 Å². The Bertz CT molecular complexity index is 347. The molecule has 0 bridgehead atoms. The minimum Gasteiger partial charge on any atom is -0.481 e. The van der Waals surface area contributed by atoms with Gasteiger partial charge in [-0.2, -0.15) is 0 Å². The Labute approximate surface area is 108 Å². The fourth-order valence-electron chi connectivity index (χ4n) is 3.46. The maximum Gasteiger partial charge on any atom is 0.308 e. The number of amides is 1. The van der Waals surface area contributed by atoms with E-state index in [4.69, 9.17) is 5.11 Å². The van der Waals surface area contributed by atoms with E-state index < -0.39 is 11.9 Å². The minimum atomic E-state index is -0.836. The van der Waals surface area contributed by atoms with E-state index in [2.05, 4.69) is 13.8 Å². The molecule has 2 aliphatic rings. The maximum atomic E-state index is 11.9. The molecule has 0 radical (unpaired) electrons. The van der Waals surface area contributed by atoms with Gasteiger partial charge in [0.05, 0.1) is 5.92 Å². The van der Waals surface area contributed by atoms with Gasteiger partial charge in [0.1, 0.15) is 0 Å². The molecular formula is C14H23NO3. The molecule has 1 N–H and O–H groups in total. The normalized spacial score (nSPS) is 26.5. The van der Waals surface area contributed by atoms with Gasteiger partial charge in [-0.25, -0.2) is 0 Å². The first-order chi connectivity index (χ1) is 8.42. The van der Waals surface area contributed by atoms with E-state index in [9.17, 15) is 9.59 Å². The first-order valence-corrected chi connectivity index (χ1v) is 6.92. The number of aliphatic carboxylic acids is 1. The molecule has 2 rings (SSSR count). The number of hydrogen-bond donors (Lipinski definition) is 1. The fraction of sp³-hybridized carbons (Fsp3) is 0.857. The Morgan fingerprint density at radius 1 is 1.50 bits per heavy atom. The van der Waals surface area contributed by atoms with E-state index in [0.29, 0.717) is 12.5 Å². The van der Waals surface area contributed by atoms with Gasteiger partial charge in [-0.3, -0.25) is 9.59 Å². The Morgan fingerprint density at radius 3 is 2.56 bits per heavy atom. The molecule has 0 aromatic heterocycles. The third kappa shape index (κ3) is 2.68. The second-order valence-electron chi connectivity index (χ2n) is 6.47. The zero-order chi connectivity index (χ0) is 13.3. The second kappa shape index (κ2) is 4.90. The van der Waals surface area contributed by atoms with Crippen molar-refractivity contribution in [2.45, 2.75) is 46.0 Å². The van der Waals surface area contributed by atoms with Crippen LogP contribution in [0.4, 0.5) is 0 Å². The number of carboxylic acid groups (broad SMARTS) is 1. The Kier molecular flexibility index (Phi) is 3.64. The summed E-state index contributed by atoms with van der Waals surface area (Å²) in [6.07, 6.45) is 4.96. The Hall–Kier alpha value is -1.06. The quantitative estimate of drug-likeness (QED) is 0.816.